The Morgan fingerprint density at radius 2 is 1.65 bits per heavy atom. The fourth-order valence-corrected chi connectivity index (χ4v) is 2.38. The molecule has 5 nitrogen and oxygen atoms in total. The first kappa shape index (κ1) is 19.5. The Hall–Kier alpha value is -2.83. The molecule has 140 valence electrons. The van der Waals surface area contributed by atoms with Crippen molar-refractivity contribution in [2.45, 2.75) is 26.6 Å². The number of alkyl halides is 2. The van der Waals surface area contributed by atoms with E-state index in [1.807, 2.05) is 31.2 Å². The van der Waals surface area contributed by atoms with Crippen molar-refractivity contribution in [1.82, 2.24) is 10.6 Å². The molecule has 0 spiro atoms. The fourth-order valence-electron chi connectivity index (χ4n) is 2.38. The number of halogens is 2. The Bertz CT molecular complexity index is 723. The lowest BCUT2D eigenvalue weighted by Crippen LogP contribution is -2.36. The number of benzene rings is 2. The number of nitrogens with zero attached hydrogens (tertiary/aromatic N) is 1. The first-order valence-electron chi connectivity index (χ1n) is 8.30. The Morgan fingerprint density at radius 3 is 2.31 bits per heavy atom. The molecular weight excluding hydrogens is 340 g/mol. The molecule has 0 aliphatic heterocycles. The molecule has 0 bridgehead atoms. The van der Waals surface area contributed by atoms with Crippen LogP contribution in [0.2, 0.25) is 0 Å². The summed E-state index contributed by atoms with van der Waals surface area (Å²) in [5, 5.41) is 6.26. The van der Waals surface area contributed by atoms with Crippen molar-refractivity contribution >= 4 is 5.96 Å². The zero-order valence-electron chi connectivity index (χ0n) is 14.8. The third-order valence-electron chi connectivity index (χ3n) is 3.58. The van der Waals surface area contributed by atoms with Crippen LogP contribution >= 0.6 is 0 Å². The van der Waals surface area contributed by atoms with E-state index >= 15 is 0 Å². The molecule has 0 aromatic heterocycles. The smallest absolute Gasteiger partial charge is 0.387 e. The average molecular weight is 363 g/mol. The molecular formula is C19H23F2N3O2. The van der Waals surface area contributed by atoms with Gasteiger partial charge in [-0.2, -0.15) is 8.78 Å². The normalized spacial score (nSPS) is 11.3. The fraction of sp³-hybridized carbons (Fsp3) is 0.316. The Morgan fingerprint density at radius 1 is 1.00 bits per heavy atom. The summed E-state index contributed by atoms with van der Waals surface area (Å²) in [6.07, 6.45) is 0. The van der Waals surface area contributed by atoms with Crippen molar-refractivity contribution in [3.63, 3.8) is 0 Å². The van der Waals surface area contributed by atoms with Gasteiger partial charge in [-0.25, -0.2) is 4.99 Å². The molecule has 0 saturated heterocycles. The van der Waals surface area contributed by atoms with E-state index in [-0.39, 0.29) is 5.75 Å². The third-order valence-corrected chi connectivity index (χ3v) is 3.58. The van der Waals surface area contributed by atoms with Gasteiger partial charge in [0.1, 0.15) is 11.5 Å². The van der Waals surface area contributed by atoms with Crippen molar-refractivity contribution in [1.29, 1.82) is 0 Å². The number of methoxy groups -OCH3 is 1. The summed E-state index contributed by atoms with van der Waals surface area (Å²) in [6.45, 7) is 0.500. The lowest BCUT2D eigenvalue weighted by atomic mass is 10.2. The molecule has 2 rings (SSSR count). The van der Waals surface area contributed by atoms with Crippen LogP contribution in [0.25, 0.3) is 0 Å². The van der Waals surface area contributed by atoms with E-state index in [0.29, 0.717) is 31.2 Å². The lowest BCUT2D eigenvalue weighted by Gasteiger charge is -2.14. The Balaban J connectivity index is 2.06. The quantitative estimate of drug-likeness (QED) is 0.556. The number of nitrogens with one attached hydrogen (secondary N) is 2. The van der Waals surface area contributed by atoms with E-state index in [0.717, 1.165) is 11.3 Å². The minimum Gasteiger partial charge on any atom is -0.496 e. The van der Waals surface area contributed by atoms with E-state index in [1.54, 1.807) is 25.3 Å². The van der Waals surface area contributed by atoms with Crippen LogP contribution in [-0.4, -0.2) is 26.2 Å². The minimum atomic E-state index is -2.86. The summed E-state index contributed by atoms with van der Waals surface area (Å²) in [4.78, 5) is 4.52. The minimum absolute atomic E-state index is 0.149. The molecule has 7 heteroatoms. The molecule has 2 aromatic carbocycles. The van der Waals surface area contributed by atoms with Crippen LogP contribution in [0.5, 0.6) is 11.5 Å². The van der Waals surface area contributed by atoms with Gasteiger partial charge in [0, 0.05) is 24.2 Å². The van der Waals surface area contributed by atoms with Crippen LogP contribution in [0.15, 0.2) is 53.5 Å². The average Bonchev–Trinajstić information content (AvgIpc) is 2.65. The third kappa shape index (κ3) is 5.91. The maximum atomic E-state index is 12.5. The number of hydrogen-bond acceptors (Lipinski definition) is 3. The summed E-state index contributed by atoms with van der Waals surface area (Å²) >= 11 is 0. The summed E-state index contributed by atoms with van der Waals surface area (Å²) in [6, 6.07) is 14.3. The number of aliphatic imine (C=N–C) groups is 1. The van der Waals surface area contributed by atoms with Crippen LogP contribution in [0, 0.1) is 0 Å². The van der Waals surface area contributed by atoms with E-state index in [4.69, 9.17) is 4.74 Å². The molecule has 0 radical (unpaired) electrons. The second-order valence-electron chi connectivity index (χ2n) is 5.35. The molecule has 0 unspecified atom stereocenters. The van der Waals surface area contributed by atoms with Crippen LogP contribution < -0.4 is 20.1 Å². The van der Waals surface area contributed by atoms with E-state index in [9.17, 15) is 8.78 Å². The number of guanidine groups is 1. The zero-order valence-corrected chi connectivity index (χ0v) is 14.8. The second kappa shape index (κ2) is 10.2. The molecule has 0 saturated carbocycles. The summed E-state index contributed by atoms with van der Waals surface area (Å²) in [5.41, 5.74) is 1.57. The maximum Gasteiger partial charge on any atom is 0.387 e. The number of ether oxygens (including phenoxy) is 2. The van der Waals surface area contributed by atoms with Gasteiger partial charge in [0.2, 0.25) is 0 Å². The first-order valence-corrected chi connectivity index (χ1v) is 8.30. The van der Waals surface area contributed by atoms with Crippen LogP contribution in [0.4, 0.5) is 8.78 Å². The number of hydrogen-bond donors (Lipinski definition) is 2. The highest BCUT2D eigenvalue weighted by molar-refractivity contribution is 5.79. The Labute approximate surface area is 152 Å². The highest BCUT2D eigenvalue weighted by atomic mass is 19.3. The van der Waals surface area contributed by atoms with E-state index < -0.39 is 6.61 Å². The molecule has 0 fully saturated rings. The van der Waals surface area contributed by atoms with Gasteiger partial charge in [-0.15, -0.1) is 0 Å². The predicted molar refractivity (Wildman–Crippen MR) is 97.7 cm³/mol. The number of para-hydroxylation sites is 2. The van der Waals surface area contributed by atoms with Crippen LogP contribution in [0.1, 0.15) is 18.1 Å². The zero-order chi connectivity index (χ0) is 18.8. The standard InChI is InChI=1S/C19H23F2N3O2/c1-3-22-19(23-12-14-8-4-6-10-16(14)25-2)24-13-15-9-5-7-11-17(15)26-18(20)21/h4-11,18H,3,12-13H2,1-2H3,(H2,22,23,24). The van der Waals surface area contributed by atoms with Gasteiger partial charge < -0.3 is 20.1 Å². The van der Waals surface area contributed by atoms with Crippen LogP contribution in [0.3, 0.4) is 0 Å². The van der Waals surface area contributed by atoms with Gasteiger partial charge in [0.25, 0.3) is 0 Å². The molecule has 0 heterocycles. The summed E-state index contributed by atoms with van der Waals surface area (Å²) < 4.78 is 34.9. The van der Waals surface area contributed by atoms with Gasteiger partial charge in [-0.3, -0.25) is 0 Å². The number of rotatable bonds is 8. The van der Waals surface area contributed by atoms with Crippen molar-refractivity contribution in [2.75, 3.05) is 13.7 Å². The second-order valence-corrected chi connectivity index (χ2v) is 5.35. The molecule has 0 amide bonds. The topological polar surface area (TPSA) is 54.9 Å². The Kier molecular flexibility index (Phi) is 7.67. The molecule has 2 N–H and O–H groups in total. The molecule has 26 heavy (non-hydrogen) atoms. The monoisotopic (exact) mass is 363 g/mol. The van der Waals surface area contributed by atoms with Crippen LogP contribution in [-0.2, 0) is 13.1 Å². The lowest BCUT2D eigenvalue weighted by molar-refractivity contribution is -0.0504. The van der Waals surface area contributed by atoms with Crippen molar-refractivity contribution in [3.8, 4) is 11.5 Å². The molecule has 0 aliphatic rings. The summed E-state index contributed by atoms with van der Waals surface area (Å²) in [5.74, 6) is 1.49. The largest absolute Gasteiger partial charge is 0.496 e. The predicted octanol–water partition coefficient (Wildman–Crippen LogP) is 3.55. The van der Waals surface area contributed by atoms with E-state index in [2.05, 4.69) is 20.4 Å². The van der Waals surface area contributed by atoms with Gasteiger partial charge in [0.15, 0.2) is 5.96 Å². The maximum absolute atomic E-state index is 12.5. The van der Waals surface area contributed by atoms with Gasteiger partial charge in [-0.1, -0.05) is 36.4 Å². The SMILES string of the molecule is CCNC(=NCc1ccccc1OC)NCc1ccccc1OC(F)F. The molecule has 0 atom stereocenters. The summed E-state index contributed by atoms with van der Waals surface area (Å²) in [7, 11) is 1.62. The van der Waals surface area contributed by atoms with E-state index in [1.165, 1.54) is 6.07 Å². The molecule has 2 aromatic rings. The first-order chi connectivity index (χ1) is 12.6. The van der Waals surface area contributed by atoms with Gasteiger partial charge in [-0.05, 0) is 19.1 Å². The van der Waals surface area contributed by atoms with Crippen molar-refractivity contribution < 1.29 is 18.3 Å². The van der Waals surface area contributed by atoms with Gasteiger partial charge >= 0.3 is 6.61 Å². The highest BCUT2D eigenvalue weighted by Crippen LogP contribution is 2.20. The van der Waals surface area contributed by atoms with Crippen molar-refractivity contribution in [2.24, 2.45) is 4.99 Å². The van der Waals surface area contributed by atoms with Gasteiger partial charge in [0.05, 0.1) is 13.7 Å². The highest BCUT2D eigenvalue weighted by Gasteiger charge is 2.09. The molecule has 0 aliphatic carbocycles. The van der Waals surface area contributed by atoms with Crippen molar-refractivity contribution in [3.05, 3.63) is 59.7 Å².